The molecule has 1 aliphatic rings. The molecule has 3 unspecified atom stereocenters. The lowest BCUT2D eigenvalue weighted by Gasteiger charge is -2.35. The van der Waals surface area contributed by atoms with E-state index in [0.29, 0.717) is 18.9 Å². The third kappa shape index (κ3) is 11.0. The second kappa shape index (κ2) is 13.6. The Kier molecular flexibility index (Phi) is 12.3. The molecule has 31 heavy (non-hydrogen) atoms. The fraction of sp³-hybridized carbons (Fsp3) is 0.682. The normalized spacial score (nSPS) is 21.3. The van der Waals surface area contributed by atoms with Crippen LogP contribution in [0.1, 0.15) is 45.2 Å². The molecule has 2 rings (SSSR count). The van der Waals surface area contributed by atoms with E-state index in [4.69, 9.17) is 9.73 Å². The number of sulfone groups is 1. The molecule has 0 bridgehead atoms. The van der Waals surface area contributed by atoms with Crippen LogP contribution < -0.4 is 10.6 Å². The number of hydrogen-bond donors (Lipinski definition) is 2. The fourth-order valence-corrected chi connectivity index (χ4v) is 4.48. The van der Waals surface area contributed by atoms with Crippen LogP contribution in [0.3, 0.4) is 0 Å². The molecule has 0 saturated carbocycles. The summed E-state index contributed by atoms with van der Waals surface area (Å²) in [5, 5.41) is 6.58. The van der Waals surface area contributed by atoms with Crippen molar-refractivity contribution in [1.29, 1.82) is 0 Å². The minimum atomic E-state index is -2.96. The van der Waals surface area contributed by atoms with E-state index >= 15 is 0 Å². The Morgan fingerprint density at radius 3 is 2.42 bits per heavy atom. The predicted octanol–water partition coefficient (Wildman–Crippen LogP) is 2.79. The highest BCUT2D eigenvalue weighted by Crippen LogP contribution is 2.17. The van der Waals surface area contributed by atoms with Crippen molar-refractivity contribution in [2.75, 3.05) is 31.6 Å². The zero-order valence-electron chi connectivity index (χ0n) is 19.4. The maximum Gasteiger partial charge on any atom is 0.191 e. The molecule has 0 aromatic heterocycles. The molecule has 0 amide bonds. The molecule has 1 aromatic rings. The van der Waals surface area contributed by atoms with Crippen LogP contribution in [-0.2, 0) is 27.7 Å². The first kappa shape index (κ1) is 28.1. The van der Waals surface area contributed by atoms with Crippen molar-refractivity contribution in [3.63, 3.8) is 0 Å². The second-order valence-electron chi connectivity index (χ2n) is 8.38. The van der Waals surface area contributed by atoms with Gasteiger partial charge < -0.3 is 15.4 Å². The predicted molar refractivity (Wildman–Crippen MR) is 139 cm³/mol. The third-order valence-electron chi connectivity index (χ3n) is 5.06. The lowest BCUT2D eigenvalue weighted by molar-refractivity contribution is -0.0705. The average Bonchev–Trinajstić information content (AvgIpc) is 2.64. The zero-order valence-corrected chi connectivity index (χ0v) is 22.6. The summed E-state index contributed by atoms with van der Waals surface area (Å²) in [6, 6.07) is 8.44. The number of hydrogen-bond acceptors (Lipinski definition) is 5. The number of ether oxygens (including phenoxy) is 1. The summed E-state index contributed by atoms with van der Waals surface area (Å²) in [7, 11) is -2.96. The van der Waals surface area contributed by atoms with E-state index in [-0.39, 0.29) is 48.0 Å². The van der Waals surface area contributed by atoms with E-state index in [1.165, 1.54) is 17.4 Å². The number of nitrogens with one attached hydrogen (secondary N) is 2. The largest absolute Gasteiger partial charge is 0.373 e. The molecule has 0 aliphatic carbocycles. The van der Waals surface area contributed by atoms with Crippen molar-refractivity contribution >= 4 is 39.8 Å². The second-order valence-corrected chi connectivity index (χ2v) is 10.6. The topological polar surface area (TPSA) is 83.0 Å². The Morgan fingerprint density at radius 1 is 1.23 bits per heavy atom. The van der Waals surface area contributed by atoms with E-state index < -0.39 is 9.84 Å². The van der Waals surface area contributed by atoms with E-state index in [2.05, 4.69) is 47.6 Å². The van der Waals surface area contributed by atoms with Gasteiger partial charge in [-0.1, -0.05) is 24.3 Å². The van der Waals surface area contributed by atoms with Crippen LogP contribution in [0.5, 0.6) is 0 Å². The first-order valence-corrected chi connectivity index (χ1v) is 12.9. The van der Waals surface area contributed by atoms with Gasteiger partial charge in [-0.25, -0.2) is 13.4 Å². The number of guanidine groups is 1. The van der Waals surface area contributed by atoms with Gasteiger partial charge in [-0.15, -0.1) is 24.0 Å². The summed E-state index contributed by atoms with van der Waals surface area (Å²) < 4.78 is 28.7. The summed E-state index contributed by atoms with van der Waals surface area (Å²) in [6.07, 6.45) is 2.31. The van der Waals surface area contributed by atoms with Gasteiger partial charge in [0, 0.05) is 38.5 Å². The Hall–Kier alpha value is -0.910. The summed E-state index contributed by atoms with van der Waals surface area (Å²) in [5.41, 5.74) is 2.48. The number of halogens is 1. The van der Waals surface area contributed by atoms with Crippen molar-refractivity contribution in [3.05, 3.63) is 35.4 Å². The average molecular weight is 567 g/mol. The van der Waals surface area contributed by atoms with Crippen LogP contribution in [0.2, 0.25) is 0 Å². The quantitative estimate of drug-likeness (QED) is 0.272. The van der Waals surface area contributed by atoms with Crippen molar-refractivity contribution in [1.82, 2.24) is 15.5 Å². The van der Waals surface area contributed by atoms with Gasteiger partial charge in [0.15, 0.2) is 5.96 Å². The van der Waals surface area contributed by atoms with Crippen LogP contribution in [0.15, 0.2) is 29.3 Å². The lowest BCUT2D eigenvalue weighted by Crippen LogP contribution is -2.45. The van der Waals surface area contributed by atoms with Gasteiger partial charge in [0.05, 0.1) is 24.5 Å². The number of morpholine rings is 1. The lowest BCUT2D eigenvalue weighted by atomic mass is 10.1. The number of aliphatic imine (C=N–C) groups is 1. The molecule has 9 heteroatoms. The van der Waals surface area contributed by atoms with Crippen molar-refractivity contribution in [3.8, 4) is 0 Å². The van der Waals surface area contributed by atoms with Gasteiger partial charge in [-0.3, -0.25) is 4.90 Å². The van der Waals surface area contributed by atoms with Crippen LogP contribution in [-0.4, -0.2) is 69.2 Å². The molecular weight excluding hydrogens is 527 g/mol. The molecule has 178 valence electrons. The molecule has 1 aliphatic heterocycles. The van der Waals surface area contributed by atoms with Gasteiger partial charge in [0.1, 0.15) is 9.84 Å². The minimum absolute atomic E-state index is 0. The Labute approximate surface area is 205 Å². The summed E-state index contributed by atoms with van der Waals surface area (Å²) in [4.78, 5) is 7.20. The monoisotopic (exact) mass is 566 g/mol. The van der Waals surface area contributed by atoms with Crippen LogP contribution in [0.4, 0.5) is 0 Å². The molecule has 1 saturated heterocycles. The molecule has 0 spiro atoms. The van der Waals surface area contributed by atoms with Gasteiger partial charge in [0.2, 0.25) is 0 Å². The molecule has 3 atom stereocenters. The van der Waals surface area contributed by atoms with E-state index in [1.54, 1.807) is 0 Å². The Balaban J connectivity index is 0.00000480. The van der Waals surface area contributed by atoms with Gasteiger partial charge in [-0.05, 0) is 45.2 Å². The maximum absolute atomic E-state index is 11.4. The fourth-order valence-electron chi connectivity index (χ4n) is 3.70. The van der Waals surface area contributed by atoms with Gasteiger partial charge >= 0.3 is 0 Å². The number of rotatable bonds is 9. The molecule has 1 fully saturated rings. The van der Waals surface area contributed by atoms with Crippen LogP contribution >= 0.6 is 24.0 Å². The summed E-state index contributed by atoms with van der Waals surface area (Å²) >= 11 is 0. The standard InChI is InChI=1S/C22H38N4O3S.HI/c1-6-23-22(25-17(2)11-12-30(5,27)28)24-13-20-9-7-8-10-21(20)16-26-14-18(3)29-19(4)15-26;/h7-10,17-19H,6,11-16H2,1-5H3,(H2,23,24,25);1H. The SMILES string of the molecule is CCNC(=NCc1ccccc1CN1CC(C)OC(C)C1)NC(C)CCS(C)(=O)=O.I. The molecule has 1 aromatic carbocycles. The van der Waals surface area contributed by atoms with Crippen LogP contribution in [0.25, 0.3) is 0 Å². The first-order chi connectivity index (χ1) is 14.2. The molecule has 0 radical (unpaired) electrons. The maximum atomic E-state index is 11.4. The molecule has 2 N–H and O–H groups in total. The summed E-state index contributed by atoms with van der Waals surface area (Å²) in [6.45, 7) is 12.3. The Bertz CT molecular complexity index is 794. The minimum Gasteiger partial charge on any atom is -0.373 e. The molecule has 1 heterocycles. The van der Waals surface area contributed by atoms with Crippen molar-refractivity contribution < 1.29 is 13.2 Å². The third-order valence-corrected chi connectivity index (χ3v) is 6.04. The first-order valence-electron chi connectivity index (χ1n) is 10.8. The highest BCUT2D eigenvalue weighted by molar-refractivity contribution is 14.0. The van der Waals surface area contributed by atoms with Gasteiger partial charge in [-0.2, -0.15) is 0 Å². The zero-order chi connectivity index (χ0) is 22.1. The molecular formula is C22H39IN4O3S. The number of nitrogens with zero attached hydrogens (tertiary/aromatic N) is 2. The highest BCUT2D eigenvalue weighted by Gasteiger charge is 2.22. The van der Waals surface area contributed by atoms with Gasteiger partial charge in [0.25, 0.3) is 0 Å². The molecule has 7 nitrogen and oxygen atoms in total. The summed E-state index contributed by atoms with van der Waals surface area (Å²) in [5.74, 6) is 0.877. The van der Waals surface area contributed by atoms with E-state index in [1.807, 2.05) is 19.9 Å². The smallest absolute Gasteiger partial charge is 0.191 e. The number of benzene rings is 1. The van der Waals surface area contributed by atoms with Crippen LogP contribution in [0, 0.1) is 0 Å². The van der Waals surface area contributed by atoms with Crippen molar-refractivity contribution in [2.45, 2.75) is 65.5 Å². The van der Waals surface area contributed by atoms with E-state index in [0.717, 1.165) is 26.2 Å². The Morgan fingerprint density at radius 2 is 1.84 bits per heavy atom. The van der Waals surface area contributed by atoms with Crippen molar-refractivity contribution in [2.24, 2.45) is 4.99 Å². The van der Waals surface area contributed by atoms with E-state index in [9.17, 15) is 8.42 Å². The highest BCUT2D eigenvalue weighted by atomic mass is 127.